The summed E-state index contributed by atoms with van der Waals surface area (Å²) in [6, 6.07) is 0. The molecular weight excluding hydrogens is 672 g/mol. The van der Waals surface area contributed by atoms with Gasteiger partial charge in [0, 0.05) is 0 Å². The number of nitrogen functional groups attached to an aromatic ring is 1. The molecule has 0 spiro atoms. The maximum absolute atomic E-state index is 12.3. The summed E-state index contributed by atoms with van der Waals surface area (Å²) in [5.74, 6) is -4.09. The Morgan fingerprint density at radius 1 is 1.16 bits per heavy atom. The number of furan rings is 1. The van der Waals surface area contributed by atoms with Crippen LogP contribution < -0.4 is 36.7 Å². The molecule has 3 aromatic rings. The molecule has 45 heavy (non-hydrogen) atoms. The van der Waals surface area contributed by atoms with Gasteiger partial charge in [0.15, 0.2) is 0 Å². The average Bonchev–Trinajstić information content (AvgIpc) is 3.72. The summed E-state index contributed by atoms with van der Waals surface area (Å²) in [6.07, 6.45) is -0.956. The molecule has 4 aliphatic rings. The van der Waals surface area contributed by atoms with Gasteiger partial charge >= 0.3 is 255 Å². The van der Waals surface area contributed by atoms with E-state index in [1.165, 1.54) is 4.90 Å². The van der Waals surface area contributed by atoms with Gasteiger partial charge in [-0.15, -0.1) is 0 Å². The summed E-state index contributed by atoms with van der Waals surface area (Å²) in [5.41, 5.74) is 5.09. The average molecular weight is 696 g/mol. The molecule has 0 saturated carbocycles. The predicted octanol–water partition coefficient (Wildman–Crippen LogP) is -1.96. The molecule has 2 bridgehead atoms. The molecule has 244 valence electrons. The number of nitrogens with one attached hydrogen (secondary N) is 4. The quantitative estimate of drug-likeness (QED) is 0.102. The molecule has 0 aliphatic carbocycles. The number of hydrogen-bond donors (Lipinski definition) is 11. The number of aliphatic hydroxyl groups is 1. The van der Waals surface area contributed by atoms with E-state index >= 15 is 0 Å². The van der Waals surface area contributed by atoms with Crippen LogP contribution >= 0.6 is 27.9 Å². The molecule has 4 aliphatic heterocycles. The number of nitrogens with two attached hydrogens (primary N) is 1. The zero-order chi connectivity index (χ0) is 31.8. The van der Waals surface area contributed by atoms with Crippen LogP contribution in [0.3, 0.4) is 0 Å². The standard InChI is InChI=1S/C20H24ClN9O13P2/c21-14-8-15(24-3-23-14)29(4-25-8)18-11(32)12-7(41-18)2-39-45(36,37)43-13-10(31)6(1-38-44(34,35)42-12)40-19(13)30-5-26-9-16(30)27-20(22)28-17(9)33/h1,5,10,15,23-25,31-32,34-37,44-45H,2-4H2,(H3,22,27,28,33)/b6-1+/t10-,15?/m1/s1. The molecular formula is C20H24ClN9O13P2. The van der Waals surface area contributed by atoms with Gasteiger partial charge in [-0.1, -0.05) is 0 Å². The van der Waals surface area contributed by atoms with Gasteiger partial charge in [-0.3, -0.25) is 0 Å². The topological polar surface area (TPSA) is 310 Å². The van der Waals surface area contributed by atoms with Crippen molar-refractivity contribution in [1.82, 2.24) is 35.5 Å². The van der Waals surface area contributed by atoms with E-state index in [0.717, 1.165) is 10.9 Å². The summed E-state index contributed by atoms with van der Waals surface area (Å²) in [5, 5.41) is 31.3. The minimum atomic E-state index is -5.30. The fraction of sp³-hybridized carbons (Fsp3) is 0.250. The summed E-state index contributed by atoms with van der Waals surface area (Å²) in [6.45, 7) is -0.546. The van der Waals surface area contributed by atoms with Crippen LogP contribution in [-0.4, -0.2) is 74.9 Å². The number of aliphatic hydroxyl groups excluding tert-OH is 1. The van der Waals surface area contributed by atoms with Crippen molar-refractivity contribution in [3.8, 4) is 11.5 Å². The van der Waals surface area contributed by atoms with Gasteiger partial charge in [-0.25, -0.2) is 0 Å². The van der Waals surface area contributed by atoms with E-state index in [0.29, 0.717) is 17.1 Å². The zero-order valence-corrected chi connectivity index (χ0v) is 25.0. The molecule has 25 heteroatoms. The molecule has 22 nitrogen and oxygen atoms in total. The number of hydrogen-bond acceptors (Lipinski definition) is 20. The SMILES string of the molecule is Nc1nc2c(ncn2C2=C3O[PH](O)(O)OCc4oc(N5CNC6=C(Cl)NCNC65)c(O)c4O[PH](O)(O)O/C=C(/O2)[C@H]3O)c(=O)[nH]1. The van der Waals surface area contributed by atoms with Gasteiger partial charge in [0.2, 0.25) is 0 Å². The minimum absolute atomic E-state index is 0.0679. The van der Waals surface area contributed by atoms with Crippen LogP contribution in [0.15, 0.2) is 44.2 Å². The Morgan fingerprint density at radius 2 is 1.96 bits per heavy atom. The summed E-state index contributed by atoms with van der Waals surface area (Å²) in [7, 11) is -10.6. The maximum atomic E-state index is 12.3. The van der Waals surface area contributed by atoms with Gasteiger partial charge in [0.25, 0.3) is 0 Å². The Kier molecular flexibility index (Phi) is 6.91. The number of rotatable bonds is 2. The van der Waals surface area contributed by atoms with Crippen molar-refractivity contribution in [1.29, 1.82) is 0 Å². The summed E-state index contributed by atoms with van der Waals surface area (Å²) >= 11 is 6.22. The van der Waals surface area contributed by atoms with Gasteiger partial charge in [0.1, 0.15) is 0 Å². The second-order valence-electron chi connectivity index (χ2n) is 9.64. The molecule has 0 amide bonds. The number of halogens is 1. The molecule has 0 aromatic carbocycles. The first-order valence-electron chi connectivity index (χ1n) is 12.7. The van der Waals surface area contributed by atoms with Crippen LogP contribution in [0, 0.1) is 0 Å². The number of H-pyrrole nitrogens is 1. The summed E-state index contributed by atoms with van der Waals surface area (Å²) in [4.78, 5) is 66.8. The van der Waals surface area contributed by atoms with E-state index in [9.17, 15) is 34.6 Å². The number of nitrogens with zero attached hydrogens (tertiary/aromatic N) is 4. The molecule has 1 saturated heterocycles. The Balaban J connectivity index is 1.28. The summed E-state index contributed by atoms with van der Waals surface area (Å²) < 4.78 is 33.1. The first-order chi connectivity index (χ1) is 21.3. The number of aromatic nitrogens is 4. The fourth-order valence-corrected chi connectivity index (χ4v) is 6.68. The third kappa shape index (κ3) is 5.12. The van der Waals surface area contributed by atoms with Crippen molar-refractivity contribution in [3.05, 3.63) is 51.1 Å². The van der Waals surface area contributed by atoms with E-state index in [-0.39, 0.29) is 36.3 Å². The zero-order valence-electron chi connectivity index (χ0n) is 22.2. The number of aromatic amines is 1. The van der Waals surface area contributed by atoms with Crippen LogP contribution in [0.1, 0.15) is 5.76 Å². The van der Waals surface area contributed by atoms with E-state index in [1.54, 1.807) is 0 Å². The first kappa shape index (κ1) is 29.6. The van der Waals surface area contributed by atoms with E-state index in [4.69, 9.17) is 44.6 Å². The third-order valence-corrected chi connectivity index (χ3v) is 8.98. The molecule has 3 aromatic heterocycles. The van der Waals surface area contributed by atoms with Crippen molar-refractivity contribution >= 4 is 56.8 Å². The monoisotopic (exact) mass is 695 g/mol. The van der Waals surface area contributed by atoms with Gasteiger partial charge in [-0.2, -0.15) is 0 Å². The van der Waals surface area contributed by atoms with Crippen molar-refractivity contribution in [2.24, 2.45) is 0 Å². The molecule has 2 atom stereocenters. The number of anilines is 2. The Hall–Kier alpha value is -4.08. The van der Waals surface area contributed by atoms with Gasteiger partial charge < -0.3 is 0 Å². The van der Waals surface area contributed by atoms with E-state index in [2.05, 4.69) is 30.9 Å². The van der Waals surface area contributed by atoms with Crippen LogP contribution in [0.25, 0.3) is 17.0 Å². The van der Waals surface area contributed by atoms with Gasteiger partial charge in [0.05, 0.1) is 0 Å². The number of aromatic hydroxyl groups is 1. The molecule has 1 unspecified atom stereocenters. The van der Waals surface area contributed by atoms with Crippen LogP contribution in [-0.2, 0) is 24.9 Å². The first-order valence-corrected chi connectivity index (χ1v) is 16.5. The number of ether oxygens (including phenoxy) is 1. The Labute approximate surface area is 254 Å². The molecule has 0 radical (unpaired) electrons. The van der Waals surface area contributed by atoms with Gasteiger partial charge in [-0.05, 0) is 0 Å². The Bertz CT molecular complexity index is 1870. The van der Waals surface area contributed by atoms with Crippen LogP contribution in [0.5, 0.6) is 11.5 Å². The molecule has 7 heterocycles. The van der Waals surface area contributed by atoms with Crippen molar-refractivity contribution in [2.75, 3.05) is 24.0 Å². The predicted molar refractivity (Wildman–Crippen MR) is 153 cm³/mol. The second-order valence-corrected chi connectivity index (χ2v) is 13.1. The Morgan fingerprint density at radius 3 is 2.76 bits per heavy atom. The molecule has 7 rings (SSSR count). The van der Waals surface area contributed by atoms with E-state index in [1.807, 2.05) is 0 Å². The third-order valence-electron chi connectivity index (χ3n) is 6.74. The molecule has 12 N–H and O–H groups in total. The normalized spacial score (nSPS) is 26.6. The van der Waals surface area contributed by atoms with E-state index < -0.39 is 75.4 Å². The molecule has 1 fully saturated rings. The van der Waals surface area contributed by atoms with Crippen molar-refractivity contribution < 1.29 is 57.0 Å². The van der Waals surface area contributed by atoms with Crippen LogP contribution in [0.2, 0.25) is 0 Å². The number of imidazole rings is 1. The number of fused-ring (bicyclic) bond motifs is 5. The van der Waals surface area contributed by atoms with Crippen molar-refractivity contribution in [3.63, 3.8) is 0 Å². The van der Waals surface area contributed by atoms with Crippen molar-refractivity contribution in [2.45, 2.75) is 18.9 Å². The van der Waals surface area contributed by atoms with Crippen LogP contribution in [0.4, 0.5) is 11.8 Å². The second kappa shape index (κ2) is 10.5. The fourth-order valence-electron chi connectivity index (χ4n) is 4.79.